The molecule has 1 aromatic rings. The van der Waals surface area contributed by atoms with E-state index in [9.17, 15) is 9.18 Å². The number of halogens is 1. The summed E-state index contributed by atoms with van der Waals surface area (Å²) in [5.41, 5.74) is 1.21. The number of nitrogens with one attached hydrogen (secondary N) is 1. The van der Waals surface area contributed by atoms with Gasteiger partial charge in [-0.2, -0.15) is 0 Å². The van der Waals surface area contributed by atoms with Crippen LogP contribution in [0.2, 0.25) is 0 Å². The van der Waals surface area contributed by atoms with Crippen molar-refractivity contribution in [3.05, 3.63) is 29.6 Å². The Labute approximate surface area is 118 Å². The largest absolute Gasteiger partial charge is 0.480 e. The lowest BCUT2D eigenvalue weighted by atomic mass is 10.1. The van der Waals surface area contributed by atoms with E-state index in [0.717, 1.165) is 18.5 Å². The molecule has 0 aliphatic carbocycles. The summed E-state index contributed by atoms with van der Waals surface area (Å²) in [5.74, 6) is -1.41. The molecule has 0 atom stereocenters. The second kappa shape index (κ2) is 8.50. The molecule has 1 rings (SSSR count). The van der Waals surface area contributed by atoms with E-state index in [1.54, 1.807) is 26.3 Å². The first-order chi connectivity index (χ1) is 9.54. The van der Waals surface area contributed by atoms with Crippen molar-refractivity contribution in [2.45, 2.75) is 13.0 Å². The molecule has 5 nitrogen and oxygen atoms in total. The smallest absolute Gasteiger partial charge is 0.323 e. The zero-order chi connectivity index (χ0) is 15.0. The van der Waals surface area contributed by atoms with Gasteiger partial charge in [0.2, 0.25) is 0 Å². The fraction of sp³-hybridized carbons (Fsp3) is 0.500. The minimum atomic E-state index is -0.991. The van der Waals surface area contributed by atoms with Crippen LogP contribution in [0.25, 0.3) is 0 Å². The lowest BCUT2D eigenvalue weighted by Crippen LogP contribution is -2.26. The number of ether oxygens (including phenoxy) is 1. The van der Waals surface area contributed by atoms with E-state index in [4.69, 9.17) is 9.84 Å². The van der Waals surface area contributed by atoms with E-state index in [1.165, 1.54) is 11.0 Å². The molecule has 1 aromatic carbocycles. The number of likely N-dealkylation sites (N-methyl/N-ethyl adjacent to an activating group) is 1. The molecule has 0 spiro atoms. The van der Waals surface area contributed by atoms with E-state index in [1.807, 2.05) is 0 Å². The molecular weight excluding hydrogens is 263 g/mol. The minimum Gasteiger partial charge on any atom is -0.480 e. The third-order valence-corrected chi connectivity index (χ3v) is 2.83. The Kier molecular flexibility index (Phi) is 6.97. The normalized spacial score (nSPS) is 10.6. The molecule has 0 heterocycles. The molecule has 0 aromatic heterocycles. The zero-order valence-corrected chi connectivity index (χ0v) is 11.9. The summed E-state index contributed by atoms with van der Waals surface area (Å²) in [4.78, 5) is 12.0. The van der Waals surface area contributed by atoms with Gasteiger partial charge in [-0.1, -0.05) is 6.07 Å². The molecule has 0 radical (unpaired) electrons. The van der Waals surface area contributed by atoms with Crippen molar-refractivity contribution in [2.24, 2.45) is 0 Å². The number of rotatable bonds is 9. The van der Waals surface area contributed by atoms with Gasteiger partial charge in [0.05, 0.1) is 5.69 Å². The van der Waals surface area contributed by atoms with Crippen LogP contribution in [0.5, 0.6) is 0 Å². The van der Waals surface area contributed by atoms with Gasteiger partial charge in [0.25, 0.3) is 0 Å². The molecule has 0 aliphatic rings. The van der Waals surface area contributed by atoms with Crippen LogP contribution < -0.4 is 10.2 Å². The number of benzene rings is 1. The first-order valence-electron chi connectivity index (χ1n) is 6.45. The Hall–Kier alpha value is -1.66. The molecule has 0 saturated carbocycles. The molecule has 0 aliphatic heterocycles. The second-order valence-electron chi connectivity index (χ2n) is 4.56. The van der Waals surface area contributed by atoms with Crippen molar-refractivity contribution < 1.29 is 19.0 Å². The number of hydrogen-bond acceptors (Lipinski definition) is 4. The monoisotopic (exact) mass is 284 g/mol. The Morgan fingerprint density at radius 1 is 1.50 bits per heavy atom. The average molecular weight is 284 g/mol. The van der Waals surface area contributed by atoms with Gasteiger partial charge in [-0.05, 0) is 30.7 Å². The van der Waals surface area contributed by atoms with Crippen LogP contribution in [0, 0.1) is 5.82 Å². The molecule has 20 heavy (non-hydrogen) atoms. The molecule has 0 unspecified atom stereocenters. The highest BCUT2D eigenvalue weighted by molar-refractivity contribution is 5.73. The highest BCUT2D eigenvalue weighted by Gasteiger charge is 2.11. The van der Waals surface area contributed by atoms with E-state index >= 15 is 0 Å². The summed E-state index contributed by atoms with van der Waals surface area (Å²) >= 11 is 0. The van der Waals surface area contributed by atoms with Gasteiger partial charge in [-0.3, -0.25) is 4.79 Å². The molecule has 6 heteroatoms. The van der Waals surface area contributed by atoms with Gasteiger partial charge in [0.1, 0.15) is 12.4 Å². The van der Waals surface area contributed by atoms with Gasteiger partial charge in [-0.15, -0.1) is 0 Å². The number of methoxy groups -OCH3 is 1. The topological polar surface area (TPSA) is 61.8 Å². The predicted molar refractivity (Wildman–Crippen MR) is 75.5 cm³/mol. The number of nitrogens with zero attached hydrogens (tertiary/aromatic N) is 1. The summed E-state index contributed by atoms with van der Waals surface area (Å²) in [6, 6.07) is 4.72. The Bertz CT molecular complexity index is 440. The van der Waals surface area contributed by atoms with Crippen LogP contribution in [0.3, 0.4) is 0 Å². The van der Waals surface area contributed by atoms with E-state index in [0.29, 0.717) is 18.8 Å². The summed E-state index contributed by atoms with van der Waals surface area (Å²) in [7, 11) is 3.22. The van der Waals surface area contributed by atoms with Gasteiger partial charge in [0, 0.05) is 27.3 Å². The molecule has 0 saturated heterocycles. The van der Waals surface area contributed by atoms with Crippen LogP contribution in [0.15, 0.2) is 18.2 Å². The van der Waals surface area contributed by atoms with E-state index in [-0.39, 0.29) is 6.54 Å². The van der Waals surface area contributed by atoms with Gasteiger partial charge in [0.15, 0.2) is 0 Å². The highest BCUT2D eigenvalue weighted by Crippen LogP contribution is 2.19. The van der Waals surface area contributed by atoms with Crippen LogP contribution >= 0.6 is 0 Å². The third-order valence-electron chi connectivity index (χ3n) is 2.83. The van der Waals surface area contributed by atoms with Crippen LogP contribution in [-0.2, 0) is 16.1 Å². The van der Waals surface area contributed by atoms with Gasteiger partial charge in [-0.25, -0.2) is 4.39 Å². The zero-order valence-electron chi connectivity index (χ0n) is 11.9. The van der Waals surface area contributed by atoms with E-state index < -0.39 is 11.8 Å². The van der Waals surface area contributed by atoms with Crippen LogP contribution in [0.4, 0.5) is 10.1 Å². The van der Waals surface area contributed by atoms with Crippen molar-refractivity contribution >= 4 is 11.7 Å². The number of aliphatic carboxylic acids is 1. The molecule has 112 valence electrons. The van der Waals surface area contributed by atoms with Crippen molar-refractivity contribution in [1.82, 2.24) is 5.32 Å². The maximum atomic E-state index is 13.7. The first-order valence-corrected chi connectivity index (χ1v) is 6.45. The lowest BCUT2D eigenvalue weighted by Gasteiger charge is -2.18. The number of carbonyl (C=O) groups is 1. The third kappa shape index (κ3) is 5.54. The summed E-state index contributed by atoms with van der Waals surface area (Å²) in [6.45, 7) is 1.88. The number of hydrogen-bond donors (Lipinski definition) is 2. The van der Waals surface area contributed by atoms with E-state index in [2.05, 4.69) is 5.32 Å². The van der Waals surface area contributed by atoms with Crippen LogP contribution in [-0.4, -0.2) is 44.9 Å². The van der Waals surface area contributed by atoms with Crippen molar-refractivity contribution in [3.8, 4) is 0 Å². The number of carboxylic acids is 1. The summed E-state index contributed by atoms with van der Waals surface area (Å²) in [5, 5.41) is 12.0. The molecule has 2 N–H and O–H groups in total. The molecule has 0 bridgehead atoms. The quantitative estimate of drug-likeness (QED) is 0.672. The average Bonchev–Trinajstić information content (AvgIpc) is 2.39. The van der Waals surface area contributed by atoms with Gasteiger partial charge >= 0.3 is 5.97 Å². The first kappa shape index (κ1) is 16.4. The van der Waals surface area contributed by atoms with Gasteiger partial charge < -0.3 is 20.1 Å². The molecule has 0 amide bonds. The second-order valence-corrected chi connectivity index (χ2v) is 4.56. The SMILES string of the molecule is COCCCNCc1ccc(F)c(N(C)CC(=O)O)c1. The van der Waals surface area contributed by atoms with Crippen molar-refractivity contribution in [1.29, 1.82) is 0 Å². The fourth-order valence-electron chi connectivity index (χ4n) is 1.82. The van der Waals surface area contributed by atoms with Crippen molar-refractivity contribution in [3.63, 3.8) is 0 Å². The number of anilines is 1. The minimum absolute atomic E-state index is 0.234. The highest BCUT2D eigenvalue weighted by atomic mass is 19.1. The Morgan fingerprint density at radius 3 is 2.90 bits per heavy atom. The summed E-state index contributed by atoms with van der Waals surface area (Å²) < 4.78 is 18.6. The fourth-order valence-corrected chi connectivity index (χ4v) is 1.82. The Morgan fingerprint density at radius 2 is 2.25 bits per heavy atom. The van der Waals surface area contributed by atoms with Crippen molar-refractivity contribution in [2.75, 3.05) is 38.8 Å². The van der Waals surface area contributed by atoms with Crippen LogP contribution in [0.1, 0.15) is 12.0 Å². The molecule has 0 fully saturated rings. The Balaban J connectivity index is 2.59. The lowest BCUT2D eigenvalue weighted by molar-refractivity contribution is -0.135. The maximum Gasteiger partial charge on any atom is 0.323 e. The number of carboxylic acid groups (broad SMARTS) is 1. The molecular formula is C14H21FN2O3. The predicted octanol–water partition coefficient (Wildman–Crippen LogP) is 1.47. The standard InChI is InChI=1S/C14H21FN2O3/c1-17(10-14(18)19)13-8-11(4-5-12(13)15)9-16-6-3-7-20-2/h4-5,8,16H,3,6-7,9-10H2,1-2H3,(H,18,19). The summed E-state index contributed by atoms with van der Waals surface area (Å²) in [6.07, 6.45) is 0.906. The maximum absolute atomic E-state index is 13.7.